The van der Waals surface area contributed by atoms with E-state index in [0.717, 1.165) is 12.8 Å². The van der Waals surface area contributed by atoms with Gasteiger partial charge in [-0.25, -0.2) is 0 Å². The second-order valence-electron chi connectivity index (χ2n) is 3.67. The van der Waals surface area contributed by atoms with Crippen molar-refractivity contribution in [3.8, 4) is 6.01 Å². The fraction of sp³-hybridized carbons (Fsp3) is 0.545. The number of ether oxygens (including phenoxy) is 1. The van der Waals surface area contributed by atoms with Gasteiger partial charge in [-0.05, 0) is 12.8 Å². The fourth-order valence-electron chi connectivity index (χ4n) is 1.11. The molecule has 94 valence electrons. The summed E-state index contributed by atoms with van der Waals surface area (Å²) in [5, 5.41) is 2.88. The van der Waals surface area contributed by atoms with Crippen molar-refractivity contribution in [3.05, 3.63) is 12.7 Å². The molecule has 0 unspecified atom stereocenters. The Labute approximate surface area is 102 Å². The smallest absolute Gasteiger partial charge is 0.323 e. The first-order valence-electron chi connectivity index (χ1n) is 5.52. The third kappa shape index (κ3) is 4.26. The third-order valence-electron chi connectivity index (χ3n) is 2.01. The average molecular weight is 237 g/mol. The molecule has 0 aliphatic heterocycles. The van der Waals surface area contributed by atoms with E-state index in [1.807, 2.05) is 20.2 Å². The molecule has 0 fully saturated rings. The summed E-state index contributed by atoms with van der Waals surface area (Å²) in [6, 6.07) is 0.345. The van der Waals surface area contributed by atoms with Crippen molar-refractivity contribution in [1.82, 2.24) is 15.0 Å². The number of nitrogens with one attached hydrogen (secondary N) is 1. The summed E-state index contributed by atoms with van der Waals surface area (Å²) in [6.45, 7) is 4.23. The van der Waals surface area contributed by atoms with Gasteiger partial charge in [-0.3, -0.25) is 0 Å². The maximum Gasteiger partial charge on any atom is 0.323 e. The highest BCUT2D eigenvalue weighted by atomic mass is 16.5. The third-order valence-corrected chi connectivity index (χ3v) is 2.01. The first-order valence-corrected chi connectivity index (χ1v) is 5.52. The Morgan fingerprint density at radius 2 is 2.12 bits per heavy atom. The van der Waals surface area contributed by atoms with Gasteiger partial charge in [-0.15, -0.1) is 6.58 Å². The highest BCUT2D eigenvalue weighted by Crippen LogP contribution is 2.12. The minimum absolute atomic E-state index is 0.345. The molecular weight excluding hydrogens is 218 g/mol. The van der Waals surface area contributed by atoms with E-state index < -0.39 is 0 Å². The highest BCUT2D eigenvalue weighted by molar-refractivity contribution is 5.36. The number of hydrogen-bond donors (Lipinski definition) is 1. The zero-order valence-corrected chi connectivity index (χ0v) is 10.6. The largest absolute Gasteiger partial charge is 0.463 e. The van der Waals surface area contributed by atoms with Crippen LogP contribution in [0.3, 0.4) is 0 Å². The summed E-state index contributed by atoms with van der Waals surface area (Å²) in [4.78, 5) is 14.3. The predicted molar refractivity (Wildman–Crippen MR) is 68.6 cm³/mol. The van der Waals surface area contributed by atoms with E-state index in [0.29, 0.717) is 24.5 Å². The van der Waals surface area contributed by atoms with Crippen LogP contribution in [-0.4, -0.2) is 42.7 Å². The molecule has 0 aliphatic carbocycles. The molecule has 17 heavy (non-hydrogen) atoms. The molecule has 0 aliphatic rings. The molecule has 0 saturated heterocycles. The minimum Gasteiger partial charge on any atom is -0.463 e. The topological polar surface area (TPSA) is 63.2 Å². The fourth-order valence-corrected chi connectivity index (χ4v) is 1.11. The standard InChI is InChI=1S/C11H19N5O/c1-5-6-7-8-17-11-14-9(12-2)13-10(15-11)16(3)4/h5H,1,6-8H2,2-4H3,(H,12,13,14,15). The number of hydrogen-bond acceptors (Lipinski definition) is 6. The van der Waals surface area contributed by atoms with Crippen molar-refractivity contribution in [2.75, 3.05) is 38.0 Å². The van der Waals surface area contributed by atoms with Crippen molar-refractivity contribution in [3.63, 3.8) is 0 Å². The Hall–Kier alpha value is -1.85. The minimum atomic E-state index is 0.345. The molecule has 0 aromatic carbocycles. The maximum atomic E-state index is 5.46. The molecule has 0 bridgehead atoms. The molecule has 1 rings (SSSR count). The van der Waals surface area contributed by atoms with Crippen LogP contribution in [-0.2, 0) is 0 Å². The Morgan fingerprint density at radius 3 is 2.71 bits per heavy atom. The molecule has 0 radical (unpaired) electrons. The van der Waals surface area contributed by atoms with E-state index in [-0.39, 0.29) is 0 Å². The lowest BCUT2D eigenvalue weighted by Gasteiger charge is -2.12. The Bertz CT molecular complexity index is 367. The van der Waals surface area contributed by atoms with Crippen LogP contribution in [0.5, 0.6) is 6.01 Å². The summed E-state index contributed by atoms with van der Waals surface area (Å²) in [7, 11) is 5.50. The molecular formula is C11H19N5O. The molecule has 0 spiro atoms. The van der Waals surface area contributed by atoms with Gasteiger partial charge < -0.3 is 15.0 Å². The van der Waals surface area contributed by atoms with Gasteiger partial charge in [-0.2, -0.15) is 15.0 Å². The molecule has 6 heteroatoms. The predicted octanol–water partition coefficient (Wildman–Crippen LogP) is 1.32. The lowest BCUT2D eigenvalue weighted by molar-refractivity contribution is 0.287. The molecule has 1 heterocycles. The number of nitrogens with zero attached hydrogens (tertiary/aromatic N) is 4. The number of allylic oxidation sites excluding steroid dienone is 1. The molecule has 0 amide bonds. The van der Waals surface area contributed by atoms with E-state index >= 15 is 0 Å². The summed E-state index contributed by atoms with van der Waals surface area (Å²) in [5.74, 6) is 1.07. The highest BCUT2D eigenvalue weighted by Gasteiger charge is 2.07. The molecule has 1 aromatic rings. The zero-order valence-electron chi connectivity index (χ0n) is 10.6. The summed E-state index contributed by atoms with van der Waals surface area (Å²) in [6.07, 6.45) is 3.69. The van der Waals surface area contributed by atoms with E-state index in [1.54, 1.807) is 11.9 Å². The Balaban J connectivity index is 2.69. The van der Waals surface area contributed by atoms with Crippen molar-refractivity contribution >= 4 is 11.9 Å². The van der Waals surface area contributed by atoms with Gasteiger partial charge in [0.2, 0.25) is 11.9 Å². The van der Waals surface area contributed by atoms with E-state index in [1.165, 1.54) is 0 Å². The normalized spacial score (nSPS) is 9.82. The van der Waals surface area contributed by atoms with Crippen LogP contribution in [0.4, 0.5) is 11.9 Å². The van der Waals surface area contributed by atoms with Crippen LogP contribution in [0.2, 0.25) is 0 Å². The van der Waals surface area contributed by atoms with Gasteiger partial charge in [-0.1, -0.05) is 6.08 Å². The van der Waals surface area contributed by atoms with E-state index in [4.69, 9.17) is 4.74 Å². The first-order chi connectivity index (χ1) is 8.17. The van der Waals surface area contributed by atoms with Crippen molar-refractivity contribution < 1.29 is 4.74 Å². The van der Waals surface area contributed by atoms with Crippen molar-refractivity contribution in [2.24, 2.45) is 0 Å². The number of aromatic nitrogens is 3. The average Bonchev–Trinajstić information content (AvgIpc) is 2.34. The molecule has 1 N–H and O–H groups in total. The van der Waals surface area contributed by atoms with Gasteiger partial charge in [0, 0.05) is 21.1 Å². The first kappa shape index (κ1) is 13.2. The van der Waals surface area contributed by atoms with Gasteiger partial charge in [0.1, 0.15) is 0 Å². The molecule has 6 nitrogen and oxygen atoms in total. The Morgan fingerprint density at radius 1 is 1.35 bits per heavy atom. The molecule has 0 atom stereocenters. The summed E-state index contributed by atoms with van der Waals surface area (Å²) < 4.78 is 5.46. The molecule has 0 saturated carbocycles. The monoisotopic (exact) mass is 237 g/mol. The van der Waals surface area contributed by atoms with Crippen LogP contribution >= 0.6 is 0 Å². The quantitative estimate of drug-likeness (QED) is 0.570. The Kier molecular flexibility index (Phi) is 5.19. The summed E-state index contributed by atoms with van der Waals surface area (Å²) >= 11 is 0. The van der Waals surface area contributed by atoms with Crippen molar-refractivity contribution in [1.29, 1.82) is 0 Å². The number of rotatable bonds is 7. The lowest BCUT2D eigenvalue weighted by Crippen LogP contribution is -2.15. The van der Waals surface area contributed by atoms with E-state index in [9.17, 15) is 0 Å². The number of unbranched alkanes of at least 4 members (excludes halogenated alkanes) is 1. The van der Waals surface area contributed by atoms with E-state index in [2.05, 4.69) is 26.8 Å². The summed E-state index contributed by atoms with van der Waals surface area (Å²) in [5.41, 5.74) is 0. The maximum absolute atomic E-state index is 5.46. The van der Waals surface area contributed by atoms with Gasteiger partial charge in [0.05, 0.1) is 6.61 Å². The number of anilines is 2. The lowest BCUT2D eigenvalue weighted by atomic mass is 10.3. The van der Waals surface area contributed by atoms with Crippen LogP contribution in [0, 0.1) is 0 Å². The van der Waals surface area contributed by atoms with Crippen LogP contribution in [0.1, 0.15) is 12.8 Å². The van der Waals surface area contributed by atoms with Crippen LogP contribution < -0.4 is 15.0 Å². The zero-order chi connectivity index (χ0) is 12.7. The van der Waals surface area contributed by atoms with Crippen LogP contribution in [0.25, 0.3) is 0 Å². The SMILES string of the molecule is C=CCCCOc1nc(NC)nc(N(C)C)n1. The molecule has 1 aromatic heterocycles. The second-order valence-corrected chi connectivity index (χ2v) is 3.67. The van der Waals surface area contributed by atoms with Gasteiger partial charge in [0.15, 0.2) is 0 Å². The van der Waals surface area contributed by atoms with Crippen LogP contribution in [0.15, 0.2) is 12.7 Å². The van der Waals surface area contributed by atoms with Crippen molar-refractivity contribution in [2.45, 2.75) is 12.8 Å². The second kappa shape index (κ2) is 6.67. The van der Waals surface area contributed by atoms with Gasteiger partial charge in [0.25, 0.3) is 0 Å². The van der Waals surface area contributed by atoms with Gasteiger partial charge >= 0.3 is 6.01 Å².